The molecule has 66 valence electrons. The molecule has 0 bridgehead atoms. The van der Waals surface area contributed by atoms with Crippen molar-refractivity contribution < 1.29 is 4.74 Å². The Kier molecular flexibility index (Phi) is 3.56. The molecule has 0 heterocycles. The molecule has 0 aliphatic heterocycles. The molecule has 0 saturated heterocycles. The number of rotatable bonds is 3. The predicted octanol–water partition coefficient (Wildman–Crippen LogP) is 2.18. The molecule has 12 heavy (non-hydrogen) atoms. The van der Waals surface area contributed by atoms with Gasteiger partial charge in [-0.05, 0) is 35.0 Å². The van der Waals surface area contributed by atoms with E-state index in [0.717, 1.165) is 10.2 Å². The van der Waals surface area contributed by atoms with Crippen molar-refractivity contribution in [1.29, 1.82) is 0 Å². The first kappa shape index (κ1) is 9.55. The lowest BCUT2D eigenvalue weighted by molar-refractivity contribution is 0.294. The lowest BCUT2D eigenvalue weighted by atomic mass is 10.3. The van der Waals surface area contributed by atoms with Crippen molar-refractivity contribution in [2.24, 2.45) is 5.73 Å². The fourth-order valence-electron chi connectivity index (χ4n) is 0.783. The van der Waals surface area contributed by atoms with Crippen LogP contribution in [0.2, 0.25) is 0 Å². The highest BCUT2D eigenvalue weighted by Crippen LogP contribution is 2.23. The average molecular weight is 230 g/mol. The smallest absolute Gasteiger partial charge is 0.133 e. The summed E-state index contributed by atoms with van der Waals surface area (Å²) in [6, 6.07) is 7.80. The fraction of sp³-hybridized carbons (Fsp3) is 0.333. The third kappa shape index (κ3) is 2.83. The largest absolute Gasteiger partial charge is 0.491 e. The minimum Gasteiger partial charge on any atom is -0.491 e. The molecule has 1 aromatic rings. The van der Waals surface area contributed by atoms with Crippen LogP contribution in [0.3, 0.4) is 0 Å². The summed E-state index contributed by atoms with van der Waals surface area (Å²) in [6.45, 7) is 2.46. The van der Waals surface area contributed by atoms with Crippen molar-refractivity contribution in [3.63, 3.8) is 0 Å². The standard InChI is InChI=1S/C9H12BrNO/c1-7(11)6-12-9-5-3-2-4-8(9)10/h2-5,7H,6,11H2,1H3/t7-/m0/s1. The van der Waals surface area contributed by atoms with Crippen molar-refractivity contribution in [1.82, 2.24) is 0 Å². The summed E-state index contributed by atoms with van der Waals surface area (Å²) < 4.78 is 6.39. The first-order valence-electron chi connectivity index (χ1n) is 3.83. The van der Waals surface area contributed by atoms with Gasteiger partial charge in [0.25, 0.3) is 0 Å². The number of ether oxygens (including phenoxy) is 1. The van der Waals surface area contributed by atoms with Crippen LogP contribution in [0.5, 0.6) is 5.75 Å². The lowest BCUT2D eigenvalue weighted by Crippen LogP contribution is -2.23. The third-order valence-electron chi connectivity index (χ3n) is 1.34. The van der Waals surface area contributed by atoms with Gasteiger partial charge in [0.15, 0.2) is 0 Å². The molecule has 1 aromatic carbocycles. The normalized spacial score (nSPS) is 12.6. The van der Waals surface area contributed by atoms with Gasteiger partial charge >= 0.3 is 0 Å². The van der Waals surface area contributed by atoms with Crippen LogP contribution in [-0.2, 0) is 0 Å². The molecule has 2 N–H and O–H groups in total. The second-order valence-corrected chi connectivity index (χ2v) is 3.57. The number of para-hydroxylation sites is 1. The number of nitrogens with two attached hydrogens (primary N) is 1. The van der Waals surface area contributed by atoms with Gasteiger partial charge in [-0.3, -0.25) is 0 Å². The van der Waals surface area contributed by atoms with Gasteiger partial charge in [0, 0.05) is 6.04 Å². The second kappa shape index (κ2) is 4.48. The number of hydrogen-bond acceptors (Lipinski definition) is 2. The molecule has 3 heteroatoms. The number of halogens is 1. The molecule has 1 rings (SSSR count). The van der Waals surface area contributed by atoms with Crippen LogP contribution in [-0.4, -0.2) is 12.6 Å². The Morgan fingerprint density at radius 2 is 2.17 bits per heavy atom. The summed E-state index contributed by atoms with van der Waals surface area (Å²) in [5, 5.41) is 0. The zero-order chi connectivity index (χ0) is 8.97. The molecule has 0 aromatic heterocycles. The summed E-state index contributed by atoms with van der Waals surface area (Å²) in [5.74, 6) is 0.842. The SMILES string of the molecule is C[C@H](N)COc1ccccc1Br. The van der Waals surface area contributed by atoms with Gasteiger partial charge in [0.1, 0.15) is 12.4 Å². The van der Waals surface area contributed by atoms with Crippen LogP contribution in [0.4, 0.5) is 0 Å². The van der Waals surface area contributed by atoms with E-state index >= 15 is 0 Å². The van der Waals surface area contributed by atoms with Gasteiger partial charge in [-0.1, -0.05) is 12.1 Å². The van der Waals surface area contributed by atoms with Crippen LogP contribution in [0.1, 0.15) is 6.92 Å². The Balaban J connectivity index is 2.57. The summed E-state index contributed by atoms with van der Waals surface area (Å²) in [4.78, 5) is 0. The van der Waals surface area contributed by atoms with E-state index in [1.165, 1.54) is 0 Å². The zero-order valence-electron chi connectivity index (χ0n) is 6.96. The molecule has 0 spiro atoms. The van der Waals surface area contributed by atoms with Crippen LogP contribution in [0.15, 0.2) is 28.7 Å². The maximum absolute atomic E-state index is 5.55. The summed E-state index contributed by atoms with van der Waals surface area (Å²) in [6.07, 6.45) is 0. The molecule has 2 nitrogen and oxygen atoms in total. The Morgan fingerprint density at radius 3 is 2.75 bits per heavy atom. The van der Waals surface area contributed by atoms with Crippen LogP contribution < -0.4 is 10.5 Å². The summed E-state index contributed by atoms with van der Waals surface area (Å²) >= 11 is 3.38. The van der Waals surface area contributed by atoms with E-state index in [1.807, 2.05) is 31.2 Å². The molecule has 0 fully saturated rings. The number of benzene rings is 1. The van der Waals surface area contributed by atoms with Crippen molar-refractivity contribution in [3.8, 4) is 5.75 Å². The molecule has 0 amide bonds. The molecular weight excluding hydrogens is 218 g/mol. The highest BCUT2D eigenvalue weighted by Gasteiger charge is 1.99. The first-order chi connectivity index (χ1) is 5.70. The van der Waals surface area contributed by atoms with Crippen molar-refractivity contribution in [3.05, 3.63) is 28.7 Å². The zero-order valence-corrected chi connectivity index (χ0v) is 8.54. The maximum Gasteiger partial charge on any atom is 0.133 e. The van der Waals surface area contributed by atoms with Gasteiger partial charge in [-0.2, -0.15) is 0 Å². The van der Waals surface area contributed by atoms with Gasteiger partial charge in [0.2, 0.25) is 0 Å². The van der Waals surface area contributed by atoms with E-state index in [1.54, 1.807) is 0 Å². The van der Waals surface area contributed by atoms with Gasteiger partial charge in [-0.15, -0.1) is 0 Å². The van der Waals surface area contributed by atoms with Gasteiger partial charge in [-0.25, -0.2) is 0 Å². The van der Waals surface area contributed by atoms with Crippen molar-refractivity contribution in [2.75, 3.05) is 6.61 Å². The molecule has 0 aliphatic carbocycles. The third-order valence-corrected chi connectivity index (χ3v) is 1.99. The summed E-state index contributed by atoms with van der Waals surface area (Å²) in [7, 11) is 0. The molecule has 0 saturated carbocycles. The Bertz CT molecular complexity index is 250. The Hall–Kier alpha value is -0.540. The van der Waals surface area contributed by atoms with E-state index in [2.05, 4.69) is 15.9 Å². The van der Waals surface area contributed by atoms with Gasteiger partial charge in [0.05, 0.1) is 4.47 Å². The van der Waals surface area contributed by atoms with E-state index in [9.17, 15) is 0 Å². The van der Waals surface area contributed by atoms with Crippen LogP contribution >= 0.6 is 15.9 Å². The van der Waals surface area contributed by atoms with E-state index < -0.39 is 0 Å². The average Bonchev–Trinajstić information content (AvgIpc) is 2.03. The van der Waals surface area contributed by atoms with Crippen molar-refractivity contribution in [2.45, 2.75) is 13.0 Å². The monoisotopic (exact) mass is 229 g/mol. The second-order valence-electron chi connectivity index (χ2n) is 2.72. The Morgan fingerprint density at radius 1 is 1.50 bits per heavy atom. The lowest BCUT2D eigenvalue weighted by Gasteiger charge is -2.09. The molecule has 1 atom stereocenters. The summed E-state index contributed by atoms with van der Waals surface area (Å²) in [5.41, 5.74) is 5.55. The first-order valence-corrected chi connectivity index (χ1v) is 4.62. The minimum absolute atomic E-state index is 0.0668. The topological polar surface area (TPSA) is 35.2 Å². The van der Waals surface area contributed by atoms with Gasteiger partial charge < -0.3 is 10.5 Å². The van der Waals surface area contributed by atoms with E-state index in [0.29, 0.717) is 6.61 Å². The predicted molar refractivity (Wildman–Crippen MR) is 53.3 cm³/mol. The fourth-order valence-corrected chi connectivity index (χ4v) is 1.18. The molecular formula is C9H12BrNO. The molecule has 0 radical (unpaired) electrons. The van der Waals surface area contributed by atoms with Crippen molar-refractivity contribution >= 4 is 15.9 Å². The number of hydrogen-bond donors (Lipinski definition) is 1. The maximum atomic E-state index is 5.55. The minimum atomic E-state index is 0.0668. The van der Waals surface area contributed by atoms with E-state index in [-0.39, 0.29) is 6.04 Å². The highest BCUT2D eigenvalue weighted by molar-refractivity contribution is 9.10. The van der Waals surface area contributed by atoms with Crippen LogP contribution in [0.25, 0.3) is 0 Å². The highest BCUT2D eigenvalue weighted by atomic mass is 79.9. The van der Waals surface area contributed by atoms with Crippen LogP contribution in [0, 0.1) is 0 Å². The van der Waals surface area contributed by atoms with E-state index in [4.69, 9.17) is 10.5 Å². The quantitative estimate of drug-likeness (QED) is 0.863. The molecule has 0 unspecified atom stereocenters. The Labute approximate surface area is 80.8 Å². The molecule has 0 aliphatic rings.